The third kappa shape index (κ3) is 5.27. The van der Waals surface area contributed by atoms with Gasteiger partial charge in [0.05, 0.1) is 18.0 Å². The molecule has 1 aromatic carbocycles. The van der Waals surface area contributed by atoms with Gasteiger partial charge in [-0.1, -0.05) is 18.2 Å². The summed E-state index contributed by atoms with van der Waals surface area (Å²) in [7, 11) is 0. The lowest BCUT2D eigenvalue weighted by atomic mass is 9.95. The predicted molar refractivity (Wildman–Crippen MR) is 149 cm³/mol. The molecule has 3 aromatic rings. The number of amides is 2. The fourth-order valence-electron chi connectivity index (χ4n) is 6.30. The van der Waals surface area contributed by atoms with Crippen molar-refractivity contribution in [3.8, 4) is 0 Å². The van der Waals surface area contributed by atoms with Crippen molar-refractivity contribution in [2.75, 3.05) is 31.5 Å². The van der Waals surface area contributed by atoms with E-state index < -0.39 is 5.60 Å². The third-order valence-electron chi connectivity index (χ3n) is 8.11. The van der Waals surface area contributed by atoms with Crippen LogP contribution in [0.5, 0.6) is 0 Å². The molecule has 40 heavy (non-hydrogen) atoms. The van der Waals surface area contributed by atoms with E-state index >= 15 is 0 Å². The molecule has 11 heteroatoms. The van der Waals surface area contributed by atoms with Crippen LogP contribution in [0.25, 0.3) is 11.2 Å². The summed E-state index contributed by atoms with van der Waals surface area (Å²) in [4.78, 5) is 43.2. The van der Waals surface area contributed by atoms with Gasteiger partial charge in [0.25, 0.3) is 5.91 Å². The van der Waals surface area contributed by atoms with E-state index in [2.05, 4.69) is 25.2 Å². The van der Waals surface area contributed by atoms with Crippen LogP contribution in [0.1, 0.15) is 69.5 Å². The molecule has 11 nitrogen and oxygen atoms in total. The summed E-state index contributed by atoms with van der Waals surface area (Å²) >= 11 is 0. The second kappa shape index (κ2) is 10.4. The number of rotatable bonds is 5. The van der Waals surface area contributed by atoms with Crippen molar-refractivity contribution in [3.05, 3.63) is 48.5 Å². The molecule has 3 saturated heterocycles. The first-order chi connectivity index (χ1) is 19.2. The van der Waals surface area contributed by atoms with Gasteiger partial charge in [0, 0.05) is 31.7 Å². The van der Waals surface area contributed by atoms with Crippen LogP contribution in [0.15, 0.2) is 43.0 Å². The minimum Gasteiger partial charge on any atom is -0.444 e. The van der Waals surface area contributed by atoms with Crippen LogP contribution in [0.2, 0.25) is 0 Å². The molecule has 6 rings (SSSR count). The minimum absolute atomic E-state index is 0.0769. The maximum absolute atomic E-state index is 12.9. The molecule has 212 valence electrons. The molecule has 2 aromatic heterocycles. The second-order valence-corrected chi connectivity index (χ2v) is 12.1. The average molecular weight is 548 g/mol. The van der Waals surface area contributed by atoms with Gasteiger partial charge in [-0.25, -0.2) is 19.7 Å². The Morgan fingerprint density at radius 3 is 2.73 bits per heavy atom. The summed E-state index contributed by atoms with van der Waals surface area (Å²) < 4.78 is 14.1. The number of likely N-dealkylation sites (tertiary alicyclic amines) is 2. The Kier molecular flexibility index (Phi) is 6.95. The van der Waals surface area contributed by atoms with Crippen LogP contribution in [0.4, 0.5) is 10.6 Å². The van der Waals surface area contributed by atoms with Gasteiger partial charge >= 0.3 is 6.09 Å². The Morgan fingerprint density at radius 1 is 1.10 bits per heavy atom. The third-order valence-corrected chi connectivity index (χ3v) is 8.11. The molecule has 2 amide bonds. The van der Waals surface area contributed by atoms with Gasteiger partial charge in [0.1, 0.15) is 18.2 Å². The van der Waals surface area contributed by atoms with E-state index in [1.807, 2.05) is 48.4 Å². The SMILES string of the molecule is CC(C)(C)OC(=O)N1CCCC12CCN(CC1CCC(n3cnc4c(NC(=O)c5ccccc5)ncnc43)O1)C2. The number of ether oxygens (including phenoxy) is 2. The fraction of sp³-hybridized carbons (Fsp3) is 0.552. The maximum atomic E-state index is 12.9. The Balaban J connectivity index is 1.09. The monoisotopic (exact) mass is 547 g/mol. The van der Waals surface area contributed by atoms with Crippen LogP contribution in [-0.2, 0) is 9.47 Å². The quantitative estimate of drug-likeness (QED) is 0.505. The molecule has 0 radical (unpaired) electrons. The number of aromatic nitrogens is 4. The molecule has 0 bridgehead atoms. The molecule has 3 fully saturated rings. The van der Waals surface area contributed by atoms with E-state index in [-0.39, 0.29) is 29.9 Å². The van der Waals surface area contributed by atoms with Crippen LogP contribution >= 0.6 is 0 Å². The summed E-state index contributed by atoms with van der Waals surface area (Å²) in [5.74, 6) is 0.129. The number of anilines is 1. The molecule has 3 aliphatic heterocycles. The van der Waals surface area contributed by atoms with E-state index in [0.717, 1.165) is 58.3 Å². The zero-order chi connectivity index (χ0) is 27.9. The van der Waals surface area contributed by atoms with Crippen LogP contribution in [-0.4, -0.2) is 84.7 Å². The first-order valence-corrected chi connectivity index (χ1v) is 14.1. The summed E-state index contributed by atoms with van der Waals surface area (Å²) in [5.41, 5.74) is 1.07. The van der Waals surface area contributed by atoms with E-state index in [0.29, 0.717) is 22.5 Å². The number of hydrogen-bond acceptors (Lipinski definition) is 8. The number of hydrogen-bond donors (Lipinski definition) is 1. The zero-order valence-corrected chi connectivity index (χ0v) is 23.4. The number of carbonyl (C=O) groups is 2. The van der Waals surface area contributed by atoms with Crippen molar-refractivity contribution in [2.24, 2.45) is 0 Å². The predicted octanol–water partition coefficient (Wildman–Crippen LogP) is 4.23. The Labute approximate surface area is 233 Å². The molecule has 0 saturated carbocycles. The molecule has 5 heterocycles. The van der Waals surface area contributed by atoms with Crippen molar-refractivity contribution in [1.29, 1.82) is 0 Å². The van der Waals surface area contributed by atoms with Gasteiger partial charge in [-0.2, -0.15) is 0 Å². The molecular formula is C29H37N7O4. The highest BCUT2D eigenvalue weighted by atomic mass is 16.6. The molecule has 1 N–H and O–H groups in total. The van der Waals surface area contributed by atoms with Crippen molar-refractivity contribution in [3.63, 3.8) is 0 Å². The zero-order valence-electron chi connectivity index (χ0n) is 23.4. The fourth-order valence-corrected chi connectivity index (χ4v) is 6.30. The van der Waals surface area contributed by atoms with Gasteiger partial charge in [-0.05, 0) is 65.0 Å². The van der Waals surface area contributed by atoms with E-state index in [9.17, 15) is 9.59 Å². The minimum atomic E-state index is -0.498. The van der Waals surface area contributed by atoms with Gasteiger partial charge in [0.2, 0.25) is 0 Å². The van der Waals surface area contributed by atoms with E-state index in [1.165, 1.54) is 6.33 Å². The lowest BCUT2D eigenvalue weighted by Crippen LogP contribution is -2.51. The highest BCUT2D eigenvalue weighted by Crippen LogP contribution is 2.40. The largest absolute Gasteiger partial charge is 0.444 e. The molecule has 0 aliphatic carbocycles. The van der Waals surface area contributed by atoms with E-state index in [4.69, 9.17) is 9.47 Å². The number of nitrogens with zero attached hydrogens (tertiary/aromatic N) is 6. The second-order valence-electron chi connectivity index (χ2n) is 12.1. The Hall–Kier alpha value is -3.57. The molecule has 1 spiro atoms. The van der Waals surface area contributed by atoms with Crippen molar-refractivity contribution >= 4 is 29.0 Å². The number of benzene rings is 1. The average Bonchev–Trinajstić information content (AvgIpc) is 3.71. The van der Waals surface area contributed by atoms with Crippen LogP contribution < -0.4 is 5.32 Å². The molecule has 3 atom stereocenters. The Morgan fingerprint density at radius 2 is 1.93 bits per heavy atom. The summed E-state index contributed by atoms with van der Waals surface area (Å²) in [6.45, 7) is 9.12. The van der Waals surface area contributed by atoms with Gasteiger partial charge in [0.15, 0.2) is 17.0 Å². The first kappa shape index (κ1) is 26.6. The highest BCUT2D eigenvalue weighted by molar-refractivity contribution is 6.06. The first-order valence-electron chi connectivity index (χ1n) is 14.1. The number of nitrogens with one attached hydrogen (secondary N) is 1. The van der Waals surface area contributed by atoms with Crippen LogP contribution in [0, 0.1) is 0 Å². The highest BCUT2D eigenvalue weighted by Gasteiger charge is 2.49. The van der Waals surface area contributed by atoms with E-state index in [1.54, 1.807) is 18.5 Å². The lowest BCUT2D eigenvalue weighted by molar-refractivity contribution is -0.0121. The molecule has 3 aliphatic rings. The van der Waals surface area contributed by atoms with Gasteiger partial charge < -0.3 is 19.7 Å². The standard InChI is InChI=1S/C29H37N7O4/c1-28(2,3)40-27(38)36-14-7-12-29(36)13-15-34(17-29)16-21-10-11-22(39-21)35-19-32-23-24(30-18-31-25(23)35)33-26(37)20-8-5-4-6-9-20/h4-6,8-9,18-19,21-22H,7,10-17H2,1-3H3,(H,30,31,33,37). The topological polar surface area (TPSA) is 115 Å². The lowest BCUT2D eigenvalue weighted by Gasteiger charge is -2.36. The van der Waals surface area contributed by atoms with Crippen molar-refractivity contribution in [1.82, 2.24) is 29.3 Å². The smallest absolute Gasteiger partial charge is 0.410 e. The summed E-state index contributed by atoms with van der Waals surface area (Å²) in [5, 5.41) is 2.86. The number of carbonyl (C=O) groups excluding carboxylic acids is 2. The van der Waals surface area contributed by atoms with Crippen molar-refractivity contribution < 1.29 is 19.1 Å². The van der Waals surface area contributed by atoms with Gasteiger partial charge in [-0.15, -0.1) is 0 Å². The van der Waals surface area contributed by atoms with Gasteiger partial charge in [-0.3, -0.25) is 14.3 Å². The Bertz CT molecular complexity index is 1390. The number of fused-ring (bicyclic) bond motifs is 1. The molecule has 3 unspecified atom stereocenters. The van der Waals surface area contributed by atoms with Crippen LogP contribution in [0.3, 0.4) is 0 Å². The normalized spacial score (nSPS) is 25.2. The maximum Gasteiger partial charge on any atom is 0.410 e. The number of imidazole rings is 1. The van der Waals surface area contributed by atoms with Crippen molar-refractivity contribution in [2.45, 2.75) is 76.3 Å². The molecular weight excluding hydrogens is 510 g/mol. The summed E-state index contributed by atoms with van der Waals surface area (Å²) in [6.07, 6.45) is 7.60. The summed E-state index contributed by atoms with van der Waals surface area (Å²) in [6, 6.07) is 9.01.